The molecule has 3 nitrogen and oxygen atoms in total. The van der Waals surface area contributed by atoms with Crippen LogP contribution in [-0.2, 0) is 0 Å². The average Bonchev–Trinajstić information content (AvgIpc) is 2.66. The Bertz CT molecular complexity index is 988. The minimum Gasteiger partial charge on any atom is -0.294 e. The fourth-order valence-electron chi connectivity index (χ4n) is 4.19. The molecule has 4 heteroatoms. The van der Waals surface area contributed by atoms with E-state index < -0.39 is 11.3 Å². The van der Waals surface area contributed by atoms with Gasteiger partial charge in [-0.05, 0) is 48.4 Å². The SMILES string of the molecule is CC1=CC[C@]2(C(=O)c3ccccc3I)C(=O)c3ccccc3C(=O)[C@@H]2C1. The monoisotopic (exact) mass is 456 g/mol. The van der Waals surface area contributed by atoms with Crippen molar-refractivity contribution in [2.24, 2.45) is 11.3 Å². The summed E-state index contributed by atoms with van der Waals surface area (Å²) >= 11 is 2.12. The summed E-state index contributed by atoms with van der Waals surface area (Å²) in [4.78, 5) is 40.4. The van der Waals surface area contributed by atoms with E-state index in [1.54, 1.807) is 36.4 Å². The van der Waals surface area contributed by atoms with Crippen molar-refractivity contribution in [1.82, 2.24) is 0 Å². The molecule has 0 aromatic heterocycles. The number of carbonyl (C=O) groups is 3. The van der Waals surface area contributed by atoms with E-state index in [2.05, 4.69) is 22.6 Å². The first-order valence-corrected chi connectivity index (χ1v) is 9.67. The molecule has 0 radical (unpaired) electrons. The Labute approximate surface area is 165 Å². The first-order chi connectivity index (χ1) is 12.5. The lowest BCUT2D eigenvalue weighted by Crippen LogP contribution is -2.53. The van der Waals surface area contributed by atoms with Gasteiger partial charge in [-0.25, -0.2) is 0 Å². The molecule has 26 heavy (non-hydrogen) atoms. The first-order valence-electron chi connectivity index (χ1n) is 8.60. The zero-order valence-electron chi connectivity index (χ0n) is 14.3. The number of hydrogen-bond donors (Lipinski definition) is 0. The van der Waals surface area contributed by atoms with Gasteiger partial charge in [0.05, 0.1) is 0 Å². The maximum absolute atomic E-state index is 13.6. The van der Waals surface area contributed by atoms with E-state index >= 15 is 0 Å². The largest absolute Gasteiger partial charge is 0.294 e. The number of Topliss-reactive ketones (excluding diaryl/α,β-unsaturated/α-hetero) is 3. The Balaban J connectivity index is 1.97. The first kappa shape index (κ1) is 17.3. The van der Waals surface area contributed by atoms with Gasteiger partial charge in [-0.3, -0.25) is 14.4 Å². The van der Waals surface area contributed by atoms with Gasteiger partial charge < -0.3 is 0 Å². The van der Waals surface area contributed by atoms with Crippen LogP contribution >= 0.6 is 22.6 Å². The molecule has 2 aromatic carbocycles. The number of carbonyl (C=O) groups excluding carboxylic acids is 3. The molecule has 0 spiro atoms. The number of halogens is 1. The van der Waals surface area contributed by atoms with Crippen molar-refractivity contribution >= 4 is 39.9 Å². The molecule has 2 aromatic rings. The highest BCUT2D eigenvalue weighted by Gasteiger charge is 2.58. The fourth-order valence-corrected chi connectivity index (χ4v) is 4.82. The second kappa shape index (κ2) is 6.27. The molecule has 0 fully saturated rings. The van der Waals surface area contributed by atoms with Crippen LogP contribution in [-0.4, -0.2) is 17.3 Å². The summed E-state index contributed by atoms with van der Waals surface area (Å²) in [5, 5.41) is 0. The number of fused-ring (bicyclic) bond motifs is 2. The minimum atomic E-state index is -1.33. The highest BCUT2D eigenvalue weighted by atomic mass is 127. The predicted molar refractivity (Wildman–Crippen MR) is 108 cm³/mol. The van der Waals surface area contributed by atoms with Gasteiger partial charge in [-0.15, -0.1) is 0 Å². The third-order valence-corrected chi connectivity index (χ3v) is 6.52. The second-order valence-corrected chi connectivity index (χ2v) is 8.19. The van der Waals surface area contributed by atoms with Crippen LogP contribution in [0.4, 0.5) is 0 Å². The van der Waals surface area contributed by atoms with E-state index in [4.69, 9.17) is 0 Å². The Morgan fingerprint density at radius 1 is 1.04 bits per heavy atom. The summed E-state index contributed by atoms with van der Waals surface area (Å²) in [5.74, 6) is -1.17. The van der Waals surface area contributed by atoms with Crippen LogP contribution in [0.2, 0.25) is 0 Å². The van der Waals surface area contributed by atoms with Crippen LogP contribution in [0.5, 0.6) is 0 Å². The lowest BCUT2D eigenvalue weighted by molar-refractivity contribution is 0.0459. The minimum absolute atomic E-state index is 0.0908. The Hall–Kier alpha value is -2.08. The van der Waals surface area contributed by atoms with Crippen molar-refractivity contribution in [2.45, 2.75) is 19.8 Å². The zero-order chi connectivity index (χ0) is 18.5. The van der Waals surface area contributed by atoms with Gasteiger partial charge in [-0.1, -0.05) is 54.1 Å². The van der Waals surface area contributed by atoms with Gasteiger partial charge in [0.25, 0.3) is 0 Å². The topological polar surface area (TPSA) is 51.2 Å². The molecule has 2 aliphatic rings. The Kier molecular flexibility index (Phi) is 4.18. The van der Waals surface area contributed by atoms with Gasteiger partial charge >= 0.3 is 0 Å². The molecule has 0 bridgehead atoms. The van der Waals surface area contributed by atoms with Gasteiger partial charge in [0.2, 0.25) is 0 Å². The molecule has 2 atom stereocenters. The summed E-state index contributed by atoms with van der Waals surface area (Å²) in [6.45, 7) is 1.96. The van der Waals surface area contributed by atoms with Crippen molar-refractivity contribution in [1.29, 1.82) is 0 Å². The fraction of sp³-hybridized carbons (Fsp3) is 0.227. The maximum Gasteiger partial charge on any atom is 0.178 e. The van der Waals surface area contributed by atoms with Gasteiger partial charge in [0, 0.05) is 26.2 Å². The quantitative estimate of drug-likeness (QED) is 0.280. The normalized spacial score (nSPS) is 24.5. The van der Waals surface area contributed by atoms with E-state index in [0.29, 0.717) is 23.1 Å². The van der Waals surface area contributed by atoms with Crippen molar-refractivity contribution in [2.75, 3.05) is 0 Å². The number of hydrogen-bond acceptors (Lipinski definition) is 3. The molecule has 0 saturated heterocycles. The van der Waals surface area contributed by atoms with Crippen LogP contribution in [0.25, 0.3) is 0 Å². The summed E-state index contributed by atoms with van der Waals surface area (Å²) in [5.41, 5.74) is 1.07. The van der Waals surface area contributed by atoms with E-state index in [-0.39, 0.29) is 23.8 Å². The standard InChI is InChI=1S/C22H17IO3/c1-13-10-11-22(21(26)16-8-4-5-9-18(16)23)17(12-13)19(24)14-6-2-3-7-15(14)20(22)25/h2-10,17H,11-12H2,1H3/t17-,22+/m0/s1. The molecular formula is C22H17IO3. The zero-order valence-corrected chi connectivity index (χ0v) is 16.4. The van der Waals surface area contributed by atoms with Gasteiger partial charge in [-0.2, -0.15) is 0 Å². The molecule has 0 aliphatic heterocycles. The smallest absolute Gasteiger partial charge is 0.178 e. The van der Waals surface area contributed by atoms with Crippen LogP contribution in [0, 0.1) is 14.9 Å². The second-order valence-electron chi connectivity index (χ2n) is 7.03. The lowest BCUT2D eigenvalue weighted by atomic mass is 9.55. The van der Waals surface area contributed by atoms with E-state index in [1.807, 2.05) is 25.1 Å². The van der Waals surface area contributed by atoms with Crippen molar-refractivity contribution in [3.05, 3.63) is 80.4 Å². The number of benzene rings is 2. The molecule has 0 N–H and O–H groups in total. The van der Waals surface area contributed by atoms with E-state index in [1.165, 1.54) is 0 Å². The number of allylic oxidation sites excluding steroid dienone is 2. The van der Waals surface area contributed by atoms with Crippen LogP contribution in [0.1, 0.15) is 50.8 Å². The maximum atomic E-state index is 13.6. The van der Waals surface area contributed by atoms with Gasteiger partial charge in [0.1, 0.15) is 5.41 Å². The summed E-state index contributed by atoms with van der Waals surface area (Å²) in [7, 11) is 0. The van der Waals surface area contributed by atoms with E-state index in [9.17, 15) is 14.4 Å². The van der Waals surface area contributed by atoms with Crippen LogP contribution in [0.3, 0.4) is 0 Å². The van der Waals surface area contributed by atoms with Crippen molar-refractivity contribution in [3.8, 4) is 0 Å². The lowest BCUT2D eigenvalue weighted by Gasteiger charge is -2.43. The predicted octanol–water partition coefficient (Wildman–Crippen LogP) is 4.90. The van der Waals surface area contributed by atoms with Crippen molar-refractivity contribution < 1.29 is 14.4 Å². The highest BCUT2D eigenvalue weighted by Crippen LogP contribution is 2.50. The van der Waals surface area contributed by atoms with Gasteiger partial charge in [0.15, 0.2) is 17.3 Å². The summed E-state index contributed by atoms with van der Waals surface area (Å²) in [6, 6.07) is 14.1. The molecule has 130 valence electrons. The summed E-state index contributed by atoms with van der Waals surface area (Å²) < 4.78 is 0.800. The third-order valence-electron chi connectivity index (χ3n) is 5.58. The molecule has 2 aliphatic carbocycles. The Morgan fingerprint density at radius 2 is 1.69 bits per heavy atom. The molecule has 0 saturated carbocycles. The summed E-state index contributed by atoms with van der Waals surface area (Å²) in [6.07, 6.45) is 2.68. The molecular weight excluding hydrogens is 439 g/mol. The molecule has 4 rings (SSSR count). The highest BCUT2D eigenvalue weighted by molar-refractivity contribution is 14.1. The number of rotatable bonds is 2. The molecule has 0 unspecified atom stereocenters. The van der Waals surface area contributed by atoms with Crippen LogP contribution < -0.4 is 0 Å². The van der Waals surface area contributed by atoms with Crippen LogP contribution in [0.15, 0.2) is 60.2 Å². The molecule has 0 heterocycles. The number of ketones is 3. The average molecular weight is 456 g/mol. The molecule has 0 amide bonds. The van der Waals surface area contributed by atoms with E-state index in [0.717, 1.165) is 9.14 Å². The Morgan fingerprint density at radius 3 is 2.42 bits per heavy atom. The third kappa shape index (κ3) is 2.35. The van der Waals surface area contributed by atoms with Crippen molar-refractivity contribution in [3.63, 3.8) is 0 Å².